The van der Waals surface area contributed by atoms with Gasteiger partial charge in [-0.05, 0) is 37.0 Å². The molecule has 2 heteroatoms. The molecule has 1 aliphatic rings. The lowest BCUT2D eigenvalue weighted by Crippen LogP contribution is -2.27. The first-order valence-corrected chi connectivity index (χ1v) is 5.10. The Morgan fingerprint density at radius 1 is 1.15 bits per heavy atom. The second-order valence-electron chi connectivity index (χ2n) is 5.22. The number of carbonyl (C=O) groups excluding carboxylic acids is 1. The van der Waals surface area contributed by atoms with Crippen molar-refractivity contribution in [3.05, 3.63) is 0 Å². The van der Waals surface area contributed by atoms with Gasteiger partial charge in [-0.15, -0.1) is 0 Å². The molecule has 76 valence electrons. The van der Waals surface area contributed by atoms with E-state index in [1.165, 1.54) is 0 Å². The van der Waals surface area contributed by atoms with Gasteiger partial charge in [-0.25, -0.2) is 0 Å². The van der Waals surface area contributed by atoms with Crippen LogP contribution in [-0.2, 0) is 4.79 Å². The van der Waals surface area contributed by atoms with Gasteiger partial charge in [0.15, 0.2) is 0 Å². The minimum absolute atomic E-state index is 0.293. The SMILES string of the molecule is CC(C)(C)C1CCC(C(=O)F)CC1. The molecule has 1 saturated carbocycles. The summed E-state index contributed by atoms with van der Waals surface area (Å²) < 4.78 is 12.4. The second kappa shape index (κ2) is 3.77. The summed E-state index contributed by atoms with van der Waals surface area (Å²) in [5.74, 6) is 0.363. The number of hydrogen-bond acceptors (Lipinski definition) is 1. The van der Waals surface area contributed by atoms with Crippen LogP contribution in [-0.4, -0.2) is 6.04 Å². The van der Waals surface area contributed by atoms with Gasteiger partial charge in [-0.2, -0.15) is 4.39 Å². The number of hydrogen-bond donors (Lipinski definition) is 0. The van der Waals surface area contributed by atoms with Crippen molar-refractivity contribution in [1.82, 2.24) is 0 Å². The normalized spacial score (nSPS) is 30.2. The molecule has 0 radical (unpaired) electrons. The molecule has 0 atom stereocenters. The molecule has 1 nitrogen and oxygen atoms in total. The van der Waals surface area contributed by atoms with Crippen LogP contribution in [0.2, 0.25) is 0 Å². The molecule has 0 heterocycles. The highest BCUT2D eigenvalue weighted by atomic mass is 19.1. The fraction of sp³-hybridized carbons (Fsp3) is 0.909. The topological polar surface area (TPSA) is 17.1 Å². The van der Waals surface area contributed by atoms with Crippen LogP contribution < -0.4 is 0 Å². The summed E-state index contributed by atoms with van der Waals surface area (Å²) in [6, 6.07) is -1.10. The van der Waals surface area contributed by atoms with E-state index in [0.29, 0.717) is 11.3 Å². The smallest absolute Gasteiger partial charge is 0.261 e. The van der Waals surface area contributed by atoms with Crippen LogP contribution in [0.3, 0.4) is 0 Å². The van der Waals surface area contributed by atoms with Gasteiger partial charge in [-0.1, -0.05) is 20.8 Å². The second-order valence-corrected chi connectivity index (χ2v) is 5.22. The van der Waals surface area contributed by atoms with Crippen LogP contribution in [0.15, 0.2) is 0 Å². The van der Waals surface area contributed by atoms with Crippen LogP contribution >= 0.6 is 0 Å². The largest absolute Gasteiger partial charge is 0.304 e. The monoisotopic (exact) mass is 186 g/mol. The van der Waals surface area contributed by atoms with Crippen LogP contribution in [0.1, 0.15) is 46.5 Å². The van der Waals surface area contributed by atoms with Crippen molar-refractivity contribution in [2.24, 2.45) is 17.3 Å². The molecule has 0 amide bonds. The average molecular weight is 186 g/mol. The van der Waals surface area contributed by atoms with Crippen LogP contribution in [0.4, 0.5) is 4.39 Å². The third-order valence-corrected chi connectivity index (χ3v) is 3.27. The van der Waals surface area contributed by atoms with E-state index in [9.17, 15) is 9.18 Å². The van der Waals surface area contributed by atoms with Crippen molar-refractivity contribution in [1.29, 1.82) is 0 Å². The molecule has 0 unspecified atom stereocenters. The highest BCUT2D eigenvalue weighted by molar-refractivity contribution is 5.70. The number of carbonyl (C=O) groups is 1. The molecule has 1 fully saturated rings. The molecular formula is C11H19FO. The maximum Gasteiger partial charge on any atom is 0.304 e. The van der Waals surface area contributed by atoms with Gasteiger partial charge in [0.05, 0.1) is 0 Å². The maximum atomic E-state index is 12.4. The molecule has 0 spiro atoms. The summed E-state index contributed by atoms with van der Waals surface area (Å²) in [7, 11) is 0. The highest BCUT2D eigenvalue weighted by Crippen LogP contribution is 2.39. The van der Waals surface area contributed by atoms with Gasteiger partial charge in [0.1, 0.15) is 0 Å². The summed E-state index contributed by atoms with van der Waals surface area (Å²) in [6.45, 7) is 6.65. The maximum absolute atomic E-state index is 12.4. The van der Waals surface area contributed by atoms with E-state index in [2.05, 4.69) is 20.8 Å². The molecule has 0 aromatic heterocycles. The standard InChI is InChI=1S/C11H19FO/c1-11(2,3)9-6-4-8(5-7-9)10(12)13/h8-9H,4-7H2,1-3H3. The molecule has 1 aliphatic carbocycles. The van der Waals surface area contributed by atoms with E-state index >= 15 is 0 Å². The molecule has 0 saturated heterocycles. The first-order valence-electron chi connectivity index (χ1n) is 5.10. The predicted molar refractivity (Wildman–Crippen MR) is 51.0 cm³/mol. The summed E-state index contributed by atoms with van der Waals surface area (Å²) in [5.41, 5.74) is 0.310. The summed E-state index contributed by atoms with van der Waals surface area (Å²) in [5, 5.41) is 0. The minimum Gasteiger partial charge on any atom is -0.261 e. The van der Waals surface area contributed by atoms with E-state index < -0.39 is 6.04 Å². The lowest BCUT2D eigenvalue weighted by Gasteiger charge is -2.35. The highest BCUT2D eigenvalue weighted by Gasteiger charge is 2.32. The fourth-order valence-electron chi connectivity index (χ4n) is 2.19. The van der Waals surface area contributed by atoms with Gasteiger partial charge in [0, 0.05) is 5.92 Å². The lowest BCUT2D eigenvalue weighted by atomic mass is 9.70. The molecule has 0 aliphatic heterocycles. The first kappa shape index (κ1) is 10.7. The molecule has 1 rings (SSSR count). The van der Waals surface area contributed by atoms with Crippen LogP contribution in [0, 0.1) is 17.3 Å². The van der Waals surface area contributed by atoms with Gasteiger partial charge in [-0.3, -0.25) is 4.79 Å². The third kappa shape index (κ3) is 2.78. The van der Waals surface area contributed by atoms with E-state index in [1.807, 2.05) is 0 Å². The molecule has 0 bridgehead atoms. The number of rotatable bonds is 1. The average Bonchev–Trinajstić information content (AvgIpc) is 2.03. The predicted octanol–water partition coefficient (Wildman–Crippen LogP) is 3.34. The van der Waals surface area contributed by atoms with Crippen molar-refractivity contribution in [2.75, 3.05) is 0 Å². The Kier molecular flexibility index (Phi) is 3.09. The molecule has 0 aromatic rings. The summed E-state index contributed by atoms with van der Waals surface area (Å²) in [4.78, 5) is 10.5. The Balaban J connectivity index is 2.44. The Morgan fingerprint density at radius 2 is 1.62 bits per heavy atom. The zero-order valence-corrected chi connectivity index (χ0v) is 8.77. The Labute approximate surface area is 79.7 Å². The Bertz CT molecular complexity index is 185. The zero-order valence-electron chi connectivity index (χ0n) is 8.77. The van der Waals surface area contributed by atoms with Gasteiger partial charge >= 0.3 is 6.04 Å². The van der Waals surface area contributed by atoms with E-state index in [0.717, 1.165) is 25.7 Å². The van der Waals surface area contributed by atoms with Crippen LogP contribution in [0.25, 0.3) is 0 Å². The van der Waals surface area contributed by atoms with Gasteiger partial charge < -0.3 is 0 Å². The lowest BCUT2D eigenvalue weighted by molar-refractivity contribution is -0.135. The van der Waals surface area contributed by atoms with Gasteiger partial charge in [0.25, 0.3) is 0 Å². The third-order valence-electron chi connectivity index (χ3n) is 3.27. The fourth-order valence-corrected chi connectivity index (χ4v) is 2.19. The van der Waals surface area contributed by atoms with Crippen molar-refractivity contribution >= 4 is 6.04 Å². The van der Waals surface area contributed by atoms with E-state index in [-0.39, 0.29) is 5.92 Å². The van der Waals surface area contributed by atoms with Gasteiger partial charge in [0.2, 0.25) is 0 Å². The zero-order chi connectivity index (χ0) is 10.1. The van der Waals surface area contributed by atoms with Crippen molar-refractivity contribution in [2.45, 2.75) is 46.5 Å². The van der Waals surface area contributed by atoms with Crippen molar-refractivity contribution < 1.29 is 9.18 Å². The van der Waals surface area contributed by atoms with E-state index in [4.69, 9.17) is 0 Å². The minimum atomic E-state index is -1.10. The van der Waals surface area contributed by atoms with E-state index in [1.54, 1.807) is 0 Å². The number of halogens is 1. The van der Waals surface area contributed by atoms with Crippen molar-refractivity contribution in [3.63, 3.8) is 0 Å². The Morgan fingerprint density at radius 3 is 1.92 bits per heavy atom. The van der Waals surface area contributed by atoms with Crippen molar-refractivity contribution in [3.8, 4) is 0 Å². The van der Waals surface area contributed by atoms with Crippen LogP contribution in [0.5, 0.6) is 0 Å². The first-order chi connectivity index (χ1) is 5.91. The Hall–Kier alpha value is -0.400. The molecular weight excluding hydrogens is 167 g/mol. The molecule has 0 aromatic carbocycles. The molecule has 13 heavy (non-hydrogen) atoms. The summed E-state index contributed by atoms with van der Waals surface area (Å²) >= 11 is 0. The quantitative estimate of drug-likeness (QED) is 0.574. The summed E-state index contributed by atoms with van der Waals surface area (Å²) in [6.07, 6.45) is 3.50. The molecule has 0 N–H and O–H groups in total.